The normalized spacial score (nSPS) is 12.2. The van der Waals surface area contributed by atoms with Gasteiger partial charge in [0, 0.05) is 17.5 Å². The first kappa shape index (κ1) is 16.2. The highest BCUT2D eigenvalue weighted by atomic mass is 32.2. The van der Waals surface area contributed by atoms with Crippen LogP contribution in [-0.2, 0) is 14.6 Å². The van der Waals surface area contributed by atoms with Crippen LogP contribution < -0.4 is 11.1 Å². The summed E-state index contributed by atoms with van der Waals surface area (Å²) in [5.74, 6) is 5.09. The Morgan fingerprint density at radius 3 is 2.60 bits per heavy atom. The van der Waals surface area contributed by atoms with Gasteiger partial charge in [0.2, 0.25) is 5.91 Å². The van der Waals surface area contributed by atoms with Crippen molar-refractivity contribution in [1.82, 2.24) is 0 Å². The van der Waals surface area contributed by atoms with Gasteiger partial charge < -0.3 is 11.1 Å². The zero-order valence-electron chi connectivity index (χ0n) is 11.7. The Bertz CT molecular complexity index is 669. The number of hydrogen-bond acceptors (Lipinski definition) is 4. The number of amides is 1. The first-order chi connectivity index (χ1) is 9.25. The standard InChI is InChI=1S/C14H18N2O3S/c1-10-9-12(5-4-8-15)6-7-13(10)16-14(17)11(2)20(3,18)19/h6-7,9,11H,8,15H2,1-3H3,(H,16,17). The fraction of sp³-hybridized carbons (Fsp3) is 0.357. The number of rotatable bonds is 3. The molecule has 5 nitrogen and oxygen atoms in total. The number of anilines is 1. The summed E-state index contributed by atoms with van der Waals surface area (Å²) >= 11 is 0. The minimum Gasteiger partial charge on any atom is -0.325 e. The maximum absolute atomic E-state index is 11.8. The largest absolute Gasteiger partial charge is 0.325 e. The molecule has 3 N–H and O–H groups in total. The van der Waals surface area contributed by atoms with Crippen LogP contribution in [0.2, 0.25) is 0 Å². The quantitative estimate of drug-likeness (QED) is 0.802. The van der Waals surface area contributed by atoms with Crippen molar-refractivity contribution >= 4 is 21.4 Å². The summed E-state index contributed by atoms with van der Waals surface area (Å²) in [6.45, 7) is 3.46. The van der Waals surface area contributed by atoms with Crippen LogP contribution >= 0.6 is 0 Å². The average molecular weight is 294 g/mol. The molecule has 1 atom stereocenters. The number of carbonyl (C=O) groups is 1. The monoisotopic (exact) mass is 294 g/mol. The lowest BCUT2D eigenvalue weighted by Crippen LogP contribution is -2.32. The van der Waals surface area contributed by atoms with Gasteiger partial charge in [0.1, 0.15) is 5.25 Å². The van der Waals surface area contributed by atoms with Gasteiger partial charge >= 0.3 is 0 Å². The van der Waals surface area contributed by atoms with Gasteiger partial charge in [-0.15, -0.1) is 0 Å². The van der Waals surface area contributed by atoms with Gasteiger partial charge in [0.05, 0.1) is 6.54 Å². The highest BCUT2D eigenvalue weighted by molar-refractivity contribution is 7.92. The molecular formula is C14H18N2O3S. The Morgan fingerprint density at radius 1 is 1.45 bits per heavy atom. The van der Waals surface area contributed by atoms with E-state index < -0.39 is 21.0 Å². The molecule has 1 amide bonds. The average Bonchev–Trinajstić information content (AvgIpc) is 2.37. The third kappa shape index (κ3) is 4.37. The van der Waals surface area contributed by atoms with E-state index in [4.69, 9.17) is 5.73 Å². The second kappa shape index (κ2) is 6.55. The zero-order chi connectivity index (χ0) is 15.3. The third-order valence-corrected chi connectivity index (χ3v) is 4.33. The van der Waals surface area contributed by atoms with E-state index in [9.17, 15) is 13.2 Å². The fourth-order valence-electron chi connectivity index (χ4n) is 1.46. The first-order valence-electron chi connectivity index (χ1n) is 6.05. The minimum absolute atomic E-state index is 0.281. The van der Waals surface area contributed by atoms with Crippen LogP contribution in [0.5, 0.6) is 0 Å². The number of benzene rings is 1. The number of carbonyl (C=O) groups excluding carboxylic acids is 1. The van der Waals surface area contributed by atoms with E-state index in [0.29, 0.717) is 5.69 Å². The minimum atomic E-state index is -3.40. The second-order valence-electron chi connectivity index (χ2n) is 4.50. The molecule has 1 unspecified atom stereocenters. The van der Waals surface area contributed by atoms with E-state index in [1.807, 2.05) is 13.0 Å². The Labute approximate surface area is 119 Å². The van der Waals surface area contributed by atoms with Crippen LogP contribution in [0.15, 0.2) is 18.2 Å². The lowest BCUT2D eigenvalue weighted by atomic mass is 10.1. The molecule has 0 aliphatic heterocycles. The highest BCUT2D eigenvalue weighted by Gasteiger charge is 2.23. The third-order valence-electron chi connectivity index (χ3n) is 2.83. The van der Waals surface area contributed by atoms with Gasteiger partial charge in [-0.2, -0.15) is 0 Å². The van der Waals surface area contributed by atoms with E-state index in [1.54, 1.807) is 12.1 Å². The van der Waals surface area contributed by atoms with E-state index in [0.717, 1.165) is 17.4 Å². The van der Waals surface area contributed by atoms with Crippen molar-refractivity contribution in [3.8, 4) is 11.8 Å². The van der Waals surface area contributed by atoms with E-state index in [-0.39, 0.29) is 6.54 Å². The molecule has 1 rings (SSSR count). The number of hydrogen-bond donors (Lipinski definition) is 2. The summed E-state index contributed by atoms with van der Waals surface area (Å²) in [5.41, 5.74) is 7.47. The summed E-state index contributed by atoms with van der Waals surface area (Å²) in [7, 11) is -3.40. The molecule has 0 aromatic heterocycles. The smallest absolute Gasteiger partial charge is 0.242 e. The molecule has 0 radical (unpaired) electrons. The van der Waals surface area contributed by atoms with E-state index in [1.165, 1.54) is 6.92 Å². The van der Waals surface area contributed by atoms with Crippen molar-refractivity contribution < 1.29 is 13.2 Å². The van der Waals surface area contributed by atoms with Crippen molar-refractivity contribution in [3.05, 3.63) is 29.3 Å². The number of aryl methyl sites for hydroxylation is 1. The Kier molecular flexibility index (Phi) is 5.31. The number of nitrogens with one attached hydrogen (secondary N) is 1. The van der Waals surface area contributed by atoms with E-state index in [2.05, 4.69) is 17.2 Å². The molecule has 0 saturated heterocycles. The van der Waals surface area contributed by atoms with Crippen molar-refractivity contribution in [2.24, 2.45) is 5.73 Å². The van der Waals surface area contributed by atoms with Crippen LogP contribution in [0.3, 0.4) is 0 Å². The van der Waals surface area contributed by atoms with Gasteiger partial charge in [-0.05, 0) is 37.6 Å². The van der Waals surface area contributed by atoms with Gasteiger partial charge in [0.25, 0.3) is 0 Å². The van der Waals surface area contributed by atoms with Crippen molar-refractivity contribution in [2.45, 2.75) is 19.1 Å². The van der Waals surface area contributed by atoms with Gasteiger partial charge in [0.15, 0.2) is 9.84 Å². The molecule has 0 bridgehead atoms. The molecule has 0 fully saturated rings. The van der Waals surface area contributed by atoms with Crippen LogP contribution in [0.1, 0.15) is 18.1 Å². The molecule has 0 spiro atoms. The molecule has 0 aliphatic rings. The van der Waals surface area contributed by atoms with Crippen LogP contribution in [0, 0.1) is 18.8 Å². The molecule has 1 aromatic rings. The van der Waals surface area contributed by atoms with Crippen molar-refractivity contribution in [3.63, 3.8) is 0 Å². The zero-order valence-corrected chi connectivity index (χ0v) is 12.5. The van der Waals surface area contributed by atoms with Crippen molar-refractivity contribution in [2.75, 3.05) is 18.1 Å². The van der Waals surface area contributed by atoms with Crippen LogP contribution in [0.25, 0.3) is 0 Å². The summed E-state index contributed by atoms with van der Waals surface area (Å²) in [4.78, 5) is 11.8. The molecule has 0 aliphatic carbocycles. The topological polar surface area (TPSA) is 89.3 Å². The summed E-state index contributed by atoms with van der Waals surface area (Å²) < 4.78 is 22.7. The van der Waals surface area contributed by atoms with Gasteiger partial charge in [-0.3, -0.25) is 4.79 Å². The SMILES string of the molecule is Cc1cc(C#CCN)ccc1NC(=O)C(C)S(C)(=O)=O. The molecule has 6 heteroatoms. The molecular weight excluding hydrogens is 276 g/mol. The summed E-state index contributed by atoms with van der Waals surface area (Å²) in [6, 6.07) is 5.25. The predicted molar refractivity (Wildman–Crippen MR) is 80.0 cm³/mol. The van der Waals surface area contributed by atoms with Crippen LogP contribution in [0.4, 0.5) is 5.69 Å². The summed E-state index contributed by atoms with van der Waals surface area (Å²) in [6.07, 6.45) is 1.04. The Hall–Kier alpha value is -1.84. The lowest BCUT2D eigenvalue weighted by molar-refractivity contribution is -0.115. The van der Waals surface area contributed by atoms with Gasteiger partial charge in [-0.25, -0.2) is 8.42 Å². The molecule has 108 valence electrons. The number of sulfone groups is 1. The molecule has 20 heavy (non-hydrogen) atoms. The highest BCUT2D eigenvalue weighted by Crippen LogP contribution is 2.17. The first-order valence-corrected chi connectivity index (χ1v) is 8.00. The lowest BCUT2D eigenvalue weighted by Gasteiger charge is -2.12. The van der Waals surface area contributed by atoms with Gasteiger partial charge in [-0.1, -0.05) is 11.8 Å². The molecule has 1 aromatic carbocycles. The maximum Gasteiger partial charge on any atom is 0.242 e. The maximum atomic E-state index is 11.8. The second-order valence-corrected chi connectivity index (χ2v) is 6.86. The number of nitrogens with two attached hydrogens (primary N) is 1. The molecule has 0 heterocycles. The van der Waals surface area contributed by atoms with Crippen molar-refractivity contribution in [1.29, 1.82) is 0 Å². The van der Waals surface area contributed by atoms with E-state index >= 15 is 0 Å². The Balaban J connectivity index is 2.92. The predicted octanol–water partition coefficient (Wildman–Crippen LogP) is 0.677. The fourth-order valence-corrected chi connectivity index (χ4v) is 1.91. The Morgan fingerprint density at radius 2 is 2.10 bits per heavy atom. The summed E-state index contributed by atoms with van der Waals surface area (Å²) in [5, 5.41) is 1.52. The molecule has 0 saturated carbocycles. The van der Waals surface area contributed by atoms with Crippen LogP contribution in [-0.4, -0.2) is 32.4 Å².